The Balaban J connectivity index is 2.00. The van der Waals surface area contributed by atoms with E-state index in [1.165, 1.54) is 5.69 Å². The molecule has 0 spiro atoms. The van der Waals surface area contributed by atoms with E-state index in [2.05, 4.69) is 22.2 Å². The van der Waals surface area contributed by atoms with Crippen molar-refractivity contribution in [2.45, 2.75) is 19.9 Å². The fourth-order valence-electron chi connectivity index (χ4n) is 2.23. The Hall–Kier alpha value is -1.55. The van der Waals surface area contributed by atoms with Gasteiger partial charge in [-0.05, 0) is 45.2 Å². The molecule has 104 valence electrons. The average molecular weight is 261 g/mol. The van der Waals surface area contributed by atoms with Gasteiger partial charge in [-0.2, -0.15) is 0 Å². The molecule has 0 unspecified atom stereocenters. The van der Waals surface area contributed by atoms with E-state index >= 15 is 0 Å². The normalized spacial score (nSPS) is 16.7. The van der Waals surface area contributed by atoms with Crippen LogP contribution in [0.3, 0.4) is 0 Å². The van der Waals surface area contributed by atoms with Crippen LogP contribution in [0.4, 0.5) is 5.69 Å². The molecule has 1 aromatic carbocycles. The van der Waals surface area contributed by atoms with Gasteiger partial charge in [0.15, 0.2) is 0 Å². The zero-order valence-electron chi connectivity index (χ0n) is 12.0. The molecule has 1 N–H and O–H groups in total. The maximum atomic E-state index is 11.9. The fraction of sp³-hybridized carbons (Fsp3) is 0.533. The van der Waals surface area contributed by atoms with E-state index in [1.807, 2.05) is 38.1 Å². The van der Waals surface area contributed by atoms with E-state index in [0.717, 1.165) is 31.7 Å². The van der Waals surface area contributed by atoms with E-state index in [4.69, 9.17) is 0 Å². The van der Waals surface area contributed by atoms with E-state index in [9.17, 15) is 4.79 Å². The third-order valence-electron chi connectivity index (χ3n) is 3.42. The topological polar surface area (TPSA) is 35.6 Å². The molecular formula is C15H23N3O. The molecule has 1 aliphatic rings. The third-order valence-corrected chi connectivity index (χ3v) is 3.42. The Kier molecular flexibility index (Phi) is 4.43. The van der Waals surface area contributed by atoms with Gasteiger partial charge in [-0.25, -0.2) is 0 Å². The van der Waals surface area contributed by atoms with E-state index < -0.39 is 0 Å². The van der Waals surface area contributed by atoms with E-state index in [0.29, 0.717) is 0 Å². The maximum absolute atomic E-state index is 11.9. The summed E-state index contributed by atoms with van der Waals surface area (Å²) in [7, 11) is 2.15. The first kappa shape index (κ1) is 13.9. The molecule has 1 aliphatic heterocycles. The molecule has 1 heterocycles. The van der Waals surface area contributed by atoms with Crippen LogP contribution in [0, 0.1) is 0 Å². The van der Waals surface area contributed by atoms with Crippen molar-refractivity contribution in [3.8, 4) is 0 Å². The van der Waals surface area contributed by atoms with Crippen molar-refractivity contribution in [3.63, 3.8) is 0 Å². The summed E-state index contributed by atoms with van der Waals surface area (Å²) < 4.78 is 0. The zero-order valence-corrected chi connectivity index (χ0v) is 12.0. The number of hydrogen-bond acceptors (Lipinski definition) is 3. The second kappa shape index (κ2) is 6.06. The number of anilines is 1. The van der Waals surface area contributed by atoms with Gasteiger partial charge in [0, 0.05) is 43.5 Å². The molecule has 1 saturated heterocycles. The van der Waals surface area contributed by atoms with Crippen LogP contribution >= 0.6 is 0 Å². The van der Waals surface area contributed by atoms with Gasteiger partial charge < -0.3 is 15.1 Å². The van der Waals surface area contributed by atoms with Gasteiger partial charge in [-0.15, -0.1) is 0 Å². The lowest BCUT2D eigenvalue weighted by atomic mass is 10.1. The van der Waals surface area contributed by atoms with Crippen molar-refractivity contribution in [2.24, 2.45) is 0 Å². The van der Waals surface area contributed by atoms with Crippen molar-refractivity contribution >= 4 is 11.6 Å². The molecule has 0 saturated carbocycles. The SMILES string of the molecule is CC(C)NC(=O)c1ccc(N2CCN(C)CC2)cc1. The van der Waals surface area contributed by atoms with Crippen LogP contribution in [0.5, 0.6) is 0 Å². The van der Waals surface area contributed by atoms with Crippen LogP contribution in [-0.4, -0.2) is 50.1 Å². The van der Waals surface area contributed by atoms with Crippen molar-refractivity contribution in [1.29, 1.82) is 0 Å². The number of hydrogen-bond donors (Lipinski definition) is 1. The number of likely N-dealkylation sites (N-methyl/N-ethyl adjacent to an activating group) is 1. The number of amides is 1. The van der Waals surface area contributed by atoms with Crippen LogP contribution in [0.2, 0.25) is 0 Å². The van der Waals surface area contributed by atoms with E-state index in [1.54, 1.807) is 0 Å². The molecule has 1 aromatic rings. The highest BCUT2D eigenvalue weighted by atomic mass is 16.1. The van der Waals surface area contributed by atoms with Crippen molar-refractivity contribution in [3.05, 3.63) is 29.8 Å². The molecule has 0 bridgehead atoms. The number of carbonyl (C=O) groups is 1. The van der Waals surface area contributed by atoms with Gasteiger partial charge in [-0.1, -0.05) is 0 Å². The highest BCUT2D eigenvalue weighted by Gasteiger charge is 2.14. The molecule has 2 rings (SSSR count). The second-order valence-corrected chi connectivity index (χ2v) is 5.47. The summed E-state index contributed by atoms with van der Waals surface area (Å²) in [6, 6.07) is 8.07. The molecular weight excluding hydrogens is 238 g/mol. The molecule has 0 atom stereocenters. The lowest BCUT2D eigenvalue weighted by molar-refractivity contribution is 0.0943. The predicted molar refractivity (Wildman–Crippen MR) is 78.8 cm³/mol. The van der Waals surface area contributed by atoms with Gasteiger partial charge >= 0.3 is 0 Å². The molecule has 4 heteroatoms. The zero-order chi connectivity index (χ0) is 13.8. The molecule has 19 heavy (non-hydrogen) atoms. The summed E-state index contributed by atoms with van der Waals surface area (Å²) in [5.41, 5.74) is 1.93. The Morgan fingerprint density at radius 3 is 2.21 bits per heavy atom. The largest absolute Gasteiger partial charge is 0.369 e. The second-order valence-electron chi connectivity index (χ2n) is 5.47. The minimum Gasteiger partial charge on any atom is -0.369 e. The summed E-state index contributed by atoms with van der Waals surface area (Å²) in [6.45, 7) is 8.22. The third kappa shape index (κ3) is 3.70. The van der Waals surface area contributed by atoms with Crippen LogP contribution in [0.15, 0.2) is 24.3 Å². The number of piperazine rings is 1. The Morgan fingerprint density at radius 2 is 1.68 bits per heavy atom. The number of nitrogens with one attached hydrogen (secondary N) is 1. The fourth-order valence-corrected chi connectivity index (χ4v) is 2.23. The van der Waals surface area contributed by atoms with Crippen molar-refractivity contribution in [2.75, 3.05) is 38.1 Å². The smallest absolute Gasteiger partial charge is 0.251 e. The molecule has 0 radical (unpaired) electrons. The Labute approximate surface area is 115 Å². The average Bonchev–Trinajstić information content (AvgIpc) is 2.39. The lowest BCUT2D eigenvalue weighted by Crippen LogP contribution is -2.44. The van der Waals surface area contributed by atoms with Crippen molar-refractivity contribution in [1.82, 2.24) is 10.2 Å². The molecule has 1 amide bonds. The van der Waals surface area contributed by atoms with E-state index in [-0.39, 0.29) is 11.9 Å². The summed E-state index contributed by atoms with van der Waals surface area (Å²) >= 11 is 0. The highest BCUT2D eigenvalue weighted by Crippen LogP contribution is 2.17. The Morgan fingerprint density at radius 1 is 1.11 bits per heavy atom. The van der Waals surface area contributed by atoms with Crippen LogP contribution in [0.25, 0.3) is 0 Å². The molecule has 0 aliphatic carbocycles. The monoisotopic (exact) mass is 261 g/mol. The number of rotatable bonds is 3. The van der Waals surface area contributed by atoms with Crippen LogP contribution in [-0.2, 0) is 0 Å². The predicted octanol–water partition coefficient (Wildman–Crippen LogP) is 1.58. The summed E-state index contributed by atoms with van der Waals surface area (Å²) in [4.78, 5) is 16.6. The van der Waals surface area contributed by atoms with Gasteiger partial charge in [0.25, 0.3) is 5.91 Å². The molecule has 4 nitrogen and oxygen atoms in total. The van der Waals surface area contributed by atoms with Gasteiger partial charge in [0.1, 0.15) is 0 Å². The van der Waals surface area contributed by atoms with Crippen molar-refractivity contribution < 1.29 is 4.79 Å². The standard InChI is InChI=1S/C15H23N3O/c1-12(2)16-15(19)13-4-6-14(7-5-13)18-10-8-17(3)9-11-18/h4-7,12H,8-11H2,1-3H3,(H,16,19). The summed E-state index contributed by atoms with van der Waals surface area (Å²) in [6.07, 6.45) is 0. The highest BCUT2D eigenvalue weighted by molar-refractivity contribution is 5.94. The first-order valence-corrected chi connectivity index (χ1v) is 6.90. The number of nitrogens with zero attached hydrogens (tertiary/aromatic N) is 2. The summed E-state index contributed by atoms with van der Waals surface area (Å²) in [5, 5.41) is 2.90. The van der Waals surface area contributed by atoms with Gasteiger partial charge in [-0.3, -0.25) is 4.79 Å². The van der Waals surface area contributed by atoms with Gasteiger partial charge in [0.2, 0.25) is 0 Å². The first-order valence-electron chi connectivity index (χ1n) is 6.90. The van der Waals surface area contributed by atoms with Crippen LogP contribution in [0.1, 0.15) is 24.2 Å². The van der Waals surface area contributed by atoms with Gasteiger partial charge in [0.05, 0.1) is 0 Å². The summed E-state index contributed by atoms with van der Waals surface area (Å²) in [5.74, 6) is -0.0000671. The Bertz CT molecular complexity index is 420. The minimum atomic E-state index is -0.0000671. The lowest BCUT2D eigenvalue weighted by Gasteiger charge is -2.34. The first-order chi connectivity index (χ1) is 9.06. The number of carbonyl (C=O) groups excluding carboxylic acids is 1. The minimum absolute atomic E-state index is 0.0000671. The maximum Gasteiger partial charge on any atom is 0.251 e. The molecule has 0 aromatic heterocycles. The van der Waals surface area contributed by atoms with Crippen LogP contribution < -0.4 is 10.2 Å². The quantitative estimate of drug-likeness (QED) is 0.897. The molecule has 1 fully saturated rings. The number of benzene rings is 1.